The molecule has 14 radical (unpaired) electrons. The van der Waals surface area contributed by atoms with Crippen molar-refractivity contribution in [2.75, 3.05) is 18.5 Å². The van der Waals surface area contributed by atoms with E-state index in [-0.39, 0.29) is 27.2 Å². The van der Waals surface area contributed by atoms with Crippen LogP contribution < -0.4 is 10.3 Å². The Bertz CT molecular complexity index is 1670. The summed E-state index contributed by atoms with van der Waals surface area (Å²) < 4.78 is 2.29. The minimum atomic E-state index is -2.36. The van der Waals surface area contributed by atoms with Crippen LogP contribution in [0.15, 0.2) is 41.2 Å². The highest BCUT2D eigenvalue weighted by Crippen LogP contribution is 2.39. The number of aromatic nitrogens is 2. The number of likely N-dealkylation sites (N-methyl/N-ethyl adjacent to an activating group) is 1. The lowest BCUT2D eigenvalue weighted by Crippen LogP contribution is -2.75. The summed E-state index contributed by atoms with van der Waals surface area (Å²) in [5.41, 5.74) is -2.74. The molecule has 0 spiro atoms. The molecule has 0 bridgehead atoms. The molecule has 0 aliphatic carbocycles. The van der Waals surface area contributed by atoms with E-state index in [1.54, 1.807) is 28.7 Å². The van der Waals surface area contributed by atoms with Crippen LogP contribution in [0, 0.1) is 0 Å². The van der Waals surface area contributed by atoms with Crippen LogP contribution in [0.1, 0.15) is 10.4 Å². The number of hydrogen-bond donors (Lipinski definition) is 2. The maximum Gasteiger partial charge on any atom is 0.342 e. The molecule has 4 aromatic rings. The van der Waals surface area contributed by atoms with Gasteiger partial charge in [-0.25, -0.2) is 9.78 Å². The van der Waals surface area contributed by atoms with Crippen LogP contribution in [0.25, 0.3) is 26.1 Å². The van der Waals surface area contributed by atoms with E-state index in [2.05, 4.69) is 4.98 Å². The van der Waals surface area contributed by atoms with Gasteiger partial charge in [-0.05, 0) is 47.3 Å². The number of nitrogens with zero attached hydrogens (tertiary/aromatic N) is 4. The van der Waals surface area contributed by atoms with Crippen LogP contribution in [0.2, 0.25) is 0 Å². The van der Waals surface area contributed by atoms with Gasteiger partial charge in [-0.1, -0.05) is 12.1 Å². The van der Waals surface area contributed by atoms with E-state index in [0.29, 0.717) is 5.52 Å². The Kier molecular flexibility index (Phi) is 5.62. The van der Waals surface area contributed by atoms with E-state index >= 15 is 0 Å². The Morgan fingerprint density at radius 2 is 1.65 bits per heavy atom. The van der Waals surface area contributed by atoms with Crippen LogP contribution in [-0.2, 0) is 0 Å². The van der Waals surface area contributed by atoms with E-state index in [1.807, 2.05) is 0 Å². The Morgan fingerprint density at radius 1 is 1.00 bits per heavy atom. The normalized spacial score (nSPS) is 23.4. The fraction of sp³-hybridized carbons (Fsp3) is 0.286. The van der Waals surface area contributed by atoms with Crippen LogP contribution in [-0.4, -0.2) is 120 Å². The zero-order valence-electron chi connectivity index (χ0n) is 19.6. The van der Waals surface area contributed by atoms with Gasteiger partial charge in [0, 0.05) is 12.0 Å². The zero-order chi connectivity index (χ0) is 27.3. The molecule has 8 nitrogen and oxygen atoms in total. The first-order chi connectivity index (χ1) is 17.0. The van der Waals surface area contributed by atoms with Crippen molar-refractivity contribution >= 4 is 104 Å². The number of carbonyl (C=O) groups is 1. The van der Waals surface area contributed by atoms with Gasteiger partial charge in [0.1, 0.15) is 24.1 Å². The number of pyridine rings is 2. The van der Waals surface area contributed by atoms with Crippen molar-refractivity contribution in [2.24, 2.45) is 0 Å². The number of anilines is 1. The molecule has 37 heavy (non-hydrogen) atoms. The number of aliphatic hydroxyl groups is 1. The number of hydrogen-bond acceptors (Lipinski definition) is 7. The molecule has 1 aromatic carbocycles. The minimum absolute atomic E-state index is 0.0132. The molecule has 1 aliphatic heterocycles. The second kappa shape index (κ2) is 7.97. The second-order valence-electron chi connectivity index (χ2n) is 9.31. The van der Waals surface area contributed by atoms with Crippen LogP contribution in [0.3, 0.4) is 0 Å². The summed E-state index contributed by atoms with van der Waals surface area (Å²) >= 11 is 1.13. The number of para-hydroxylation sites is 1. The van der Waals surface area contributed by atoms with Crippen LogP contribution in [0.5, 0.6) is 0 Å². The van der Waals surface area contributed by atoms with Gasteiger partial charge in [0.05, 0.1) is 62.7 Å². The summed E-state index contributed by atoms with van der Waals surface area (Å²) in [5, 5.41) is 14.4. The summed E-state index contributed by atoms with van der Waals surface area (Å²) in [6.07, 6.45) is 0. The fourth-order valence-corrected chi connectivity index (χ4v) is 5.74. The largest absolute Gasteiger partial charge is 0.477 e. The first kappa shape index (κ1) is 26.1. The monoisotopic (exact) mass is 494 g/mol. The predicted octanol–water partition coefficient (Wildman–Crippen LogP) is -1.66. The summed E-state index contributed by atoms with van der Waals surface area (Å²) in [6, 6.07) is 9.85. The maximum absolute atomic E-state index is 13.2. The van der Waals surface area contributed by atoms with Crippen LogP contribution in [0.4, 0.5) is 5.82 Å². The summed E-state index contributed by atoms with van der Waals surface area (Å²) in [6.45, 7) is -0.568. The third kappa shape index (κ3) is 3.41. The van der Waals surface area contributed by atoms with E-state index in [1.165, 1.54) is 19.2 Å². The lowest BCUT2D eigenvalue weighted by atomic mass is 9.35. The number of fused-ring (bicyclic) bond motifs is 5. The average Bonchev–Trinajstić information content (AvgIpc) is 3.19. The van der Waals surface area contributed by atoms with E-state index in [0.717, 1.165) is 25.8 Å². The quantitative estimate of drug-likeness (QED) is 0.323. The number of thiazole rings is 1. The Morgan fingerprint density at radius 3 is 2.30 bits per heavy atom. The topological polar surface area (TPSA) is 98.4 Å². The minimum Gasteiger partial charge on any atom is -0.477 e. The highest BCUT2D eigenvalue weighted by molar-refractivity contribution is 7.24. The number of aromatic carboxylic acids is 1. The van der Waals surface area contributed by atoms with Crippen molar-refractivity contribution < 1.29 is 15.0 Å². The molecule has 2 N–H and O–H groups in total. The Labute approximate surface area is 225 Å². The van der Waals surface area contributed by atoms with Crippen molar-refractivity contribution in [1.82, 2.24) is 14.3 Å². The van der Waals surface area contributed by atoms with E-state index < -0.39 is 39.5 Å². The smallest absolute Gasteiger partial charge is 0.342 e. The van der Waals surface area contributed by atoms with Gasteiger partial charge in [-0.15, -0.1) is 11.3 Å². The van der Waals surface area contributed by atoms with Gasteiger partial charge in [0.2, 0.25) is 5.43 Å². The molecule has 1 fully saturated rings. The summed E-state index contributed by atoms with van der Waals surface area (Å²) in [5.74, 6) is -1.36. The highest BCUT2D eigenvalue weighted by Gasteiger charge is 2.55. The Hall–Kier alpha value is -2.56. The Balaban J connectivity index is 1.86. The number of benzene rings is 1. The molecule has 1 aliphatic rings. The molecule has 0 amide bonds. The predicted molar refractivity (Wildman–Crippen MR) is 150 cm³/mol. The lowest BCUT2D eigenvalue weighted by Gasteiger charge is -2.58. The number of β-amino-alcohol motifs (C(OH)–C–C–N with tert-alkyl or cyclic N) is 1. The van der Waals surface area contributed by atoms with Gasteiger partial charge >= 0.3 is 5.97 Å². The van der Waals surface area contributed by atoms with Crippen molar-refractivity contribution in [3.63, 3.8) is 0 Å². The summed E-state index contributed by atoms with van der Waals surface area (Å²) in [4.78, 5) is 32.2. The molecule has 1 saturated heterocycles. The van der Waals surface area contributed by atoms with Gasteiger partial charge in [-0.3, -0.25) is 9.20 Å². The molecular formula is C21H13B7N4O4S. The number of rotatable bonds is 2. The van der Waals surface area contributed by atoms with Crippen molar-refractivity contribution in [2.45, 2.75) is 21.5 Å². The van der Waals surface area contributed by atoms with E-state index in [9.17, 15) is 19.8 Å². The highest BCUT2D eigenvalue weighted by atomic mass is 32.1. The van der Waals surface area contributed by atoms with Gasteiger partial charge in [0.25, 0.3) is 0 Å². The van der Waals surface area contributed by atoms with Gasteiger partial charge < -0.3 is 20.0 Å². The van der Waals surface area contributed by atoms with Gasteiger partial charge in [-0.2, -0.15) is 0 Å². The van der Waals surface area contributed by atoms with Gasteiger partial charge in [0.15, 0.2) is 5.65 Å². The summed E-state index contributed by atoms with van der Waals surface area (Å²) in [7, 11) is 45.1. The maximum atomic E-state index is 13.2. The van der Waals surface area contributed by atoms with Crippen molar-refractivity contribution in [3.05, 3.63) is 52.2 Å². The molecule has 1 unspecified atom stereocenters. The van der Waals surface area contributed by atoms with E-state index in [4.69, 9.17) is 54.9 Å². The fourth-order valence-electron chi connectivity index (χ4n) is 4.57. The zero-order valence-corrected chi connectivity index (χ0v) is 20.4. The molecular weight excluding hydrogens is 480 g/mol. The lowest BCUT2D eigenvalue weighted by molar-refractivity contribution is 0.0510. The first-order valence-corrected chi connectivity index (χ1v) is 11.7. The van der Waals surface area contributed by atoms with Crippen molar-refractivity contribution in [3.8, 4) is 0 Å². The third-order valence-corrected chi connectivity index (χ3v) is 8.20. The molecule has 0 saturated carbocycles. The van der Waals surface area contributed by atoms with Crippen molar-refractivity contribution in [1.29, 1.82) is 0 Å². The molecule has 5 rings (SSSR count). The SMILES string of the molecule is [B]C1(O)CN(c2ccc3c(=O)c(C(=O)O)c4sc5ccccc5n4c3n2)C([B])([B])C([B])([B])N(C)C1([B])[B]. The third-order valence-electron chi connectivity index (χ3n) is 7.05. The van der Waals surface area contributed by atoms with Crippen LogP contribution >= 0.6 is 11.3 Å². The number of carboxylic acid groups (broad SMARTS) is 1. The average molecular weight is 493 g/mol. The molecule has 16 heteroatoms. The standard InChI is InChI=1S/C21H13B7N4O4S/c1-30-19(23,24)18(22,36)8-31(21(27,28)20(30,25)26)12-7-6-9-14(33)13(17(34)35)16-32(15(9)29-12)10-4-2-3-5-11(10)37-16/h2-7,36H,8H2,1H3,(H,34,35). The molecule has 168 valence electrons. The number of carboxylic acids is 1. The second-order valence-corrected chi connectivity index (χ2v) is 10.3. The molecule has 4 heterocycles. The first-order valence-electron chi connectivity index (χ1n) is 10.9. The molecule has 1 atom stereocenters. The molecule has 3 aromatic heterocycles.